The predicted octanol–water partition coefficient (Wildman–Crippen LogP) is 3.00. The maximum absolute atomic E-state index is 4.80. The number of pyridine rings is 1. The highest BCUT2D eigenvalue weighted by molar-refractivity contribution is 5.79. The molecule has 1 unspecified atom stereocenters. The number of aliphatic imine (C=N–C) groups is 1. The number of rotatable bonds is 8. The van der Waals surface area contributed by atoms with Crippen LogP contribution >= 0.6 is 0 Å². The lowest BCUT2D eigenvalue weighted by Crippen LogP contribution is -2.45. The van der Waals surface area contributed by atoms with E-state index in [1.807, 2.05) is 6.20 Å². The lowest BCUT2D eigenvalue weighted by Gasteiger charge is -2.35. The van der Waals surface area contributed by atoms with Gasteiger partial charge < -0.3 is 15.5 Å². The van der Waals surface area contributed by atoms with E-state index in [9.17, 15) is 0 Å². The molecule has 0 aliphatic carbocycles. The normalized spacial score (nSPS) is 21.1. The monoisotopic (exact) mass is 386 g/mol. The van der Waals surface area contributed by atoms with Crippen LogP contribution in [0, 0.1) is 0 Å². The molecule has 0 amide bonds. The number of hydrogen-bond donors (Lipinski definition) is 2. The SMILES string of the molecule is CCNC(=NCc1ccnc(N2CCCC2)c1)NCCN1CCCCC1CC. The molecule has 0 spiro atoms. The summed E-state index contributed by atoms with van der Waals surface area (Å²) in [6.07, 6.45) is 9.80. The minimum Gasteiger partial charge on any atom is -0.357 e. The summed E-state index contributed by atoms with van der Waals surface area (Å²) in [4.78, 5) is 14.4. The fourth-order valence-electron chi connectivity index (χ4n) is 4.32. The molecule has 6 nitrogen and oxygen atoms in total. The molecular weight excluding hydrogens is 348 g/mol. The summed E-state index contributed by atoms with van der Waals surface area (Å²) in [6, 6.07) is 5.03. The zero-order chi connectivity index (χ0) is 19.6. The van der Waals surface area contributed by atoms with Crippen LogP contribution in [0.4, 0.5) is 5.82 Å². The Labute approximate surface area is 170 Å². The van der Waals surface area contributed by atoms with E-state index in [4.69, 9.17) is 4.99 Å². The van der Waals surface area contributed by atoms with Crippen LogP contribution in [0.3, 0.4) is 0 Å². The number of aromatic nitrogens is 1. The number of piperidine rings is 1. The number of hydrogen-bond acceptors (Lipinski definition) is 4. The average Bonchev–Trinajstić information content (AvgIpc) is 3.27. The summed E-state index contributed by atoms with van der Waals surface area (Å²) in [5.74, 6) is 2.01. The first-order valence-corrected chi connectivity index (χ1v) is 11.3. The summed E-state index contributed by atoms with van der Waals surface area (Å²) in [5.41, 5.74) is 1.22. The number of nitrogens with one attached hydrogen (secondary N) is 2. The van der Waals surface area contributed by atoms with Gasteiger partial charge in [-0.3, -0.25) is 4.90 Å². The molecule has 2 aliphatic heterocycles. The molecule has 1 atom stereocenters. The van der Waals surface area contributed by atoms with Gasteiger partial charge in [-0.1, -0.05) is 13.3 Å². The third kappa shape index (κ3) is 6.09. The highest BCUT2D eigenvalue weighted by Gasteiger charge is 2.20. The second-order valence-corrected chi connectivity index (χ2v) is 7.93. The zero-order valence-corrected chi connectivity index (χ0v) is 17.8. The summed E-state index contributed by atoms with van der Waals surface area (Å²) >= 11 is 0. The lowest BCUT2D eigenvalue weighted by molar-refractivity contribution is 0.147. The zero-order valence-electron chi connectivity index (χ0n) is 17.8. The molecule has 156 valence electrons. The van der Waals surface area contributed by atoms with Crippen molar-refractivity contribution in [3.63, 3.8) is 0 Å². The molecule has 1 aromatic rings. The first-order chi connectivity index (χ1) is 13.8. The Hall–Kier alpha value is -1.82. The van der Waals surface area contributed by atoms with Gasteiger partial charge in [0, 0.05) is 45.0 Å². The molecule has 1 aromatic heterocycles. The Bertz CT molecular complexity index is 611. The second kappa shape index (κ2) is 11.2. The van der Waals surface area contributed by atoms with Gasteiger partial charge in [0.2, 0.25) is 0 Å². The highest BCUT2D eigenvalue weighted by Crippen LogP contribution is 2.19. The molecule has 2 aliphatic rings. The van der Waals surface area contributed by atoms with Crippen molar-refractivity contribution >= 4 is 11.8 Å². The van der Waals surface area contributed by atoms with E-state index in [0.29, 0.717) is 6.54 Å². The first-order valence-electron chi connectivity index (χ1n) is 11.3. The Morgan fingerprint density at radius 2 is 1.96 bits per heavy atom. The van der Waals surface area contributed by atoms with E-state index in [2.05, 4.69) is 51.4 Å². The summed E-state index contributed by atoms with van der Waals surface area (Å²) < 4.78 is 0. The van der Waals surface area contributed by atoms with Crippen LogP contribution in [-0.4, -0.2) is 61.2 Å². The number of anilines is 1. The van der Waals surface area contributed by atoms with E-state index in [1.54, 1.807) is 0 Å². The van der Waals surface area contributed by atoms with Crippen LogP contribution in [0.25, 0.3) is 0 Å². The van der Waals surface area contributed by atoms with Gasteiger partial charge in [0.15, 0.2) is 5.96 Å². The van der Waals surface area contributed by atoms with Crippen LogP contribution in [-0.2, 0) is 6.54 Å². The first kappa shape index (κ1) is 20.9. The topological polar surface area (TPSA) is 55.8 Å². The molecule has 3 heterocycles. The number of likely N-dealkylation sites (tertiary alicyclic amines) is 1. The van der Waals surface area contributed by atoms with Crippen molar-refractivity contribution in [1.82, 2.24) is 20.5 Å². The minimum atomic E-state index is 0.681. The third-order valence-electron chi connectivity index (χ3n) is 5.92. The van der Waals surface area contributed by atoms with E-state index < -0.39 is 0 Å². The van der Waals surface area contributed by atoms with Gasteiger partial charge in [-0.25, -0.2) is 9.98 Å². The van der Waals surface area contributed by atoms with Crippen molar-refractivity contribution in [2.24, 2.45) is 4.99 Å². The standard InChI is InChI=1S/C22H38N6/c1-3-20-9-5-6-13-27(20)16-12-25-22(23-4-2)26-18-19-10-11-24-21(17-19)28-14-7-8-15-28/h10-11,17,20H,3-9,12-16,18H2,1-2H3,(H2,23,25,26). The molecule has 6 heteroatoms. The van der Waals surface area contributed by atoms with Crippen molar-refractivity contribution in [2.45, 2.75) is 65.0 Å². The molecule has 28 heavy (non-hydrogen) atoms. The third-order valence-corrected chi connectivity index (χ3v) is 5.92. The van der Waals surface area contributed by atoms with Crippen LogP contribution in [0.1, 0.15) is 57.9 Å². The Morgan fingerprint density at radius 3 is 2.75 bits per heavy atom. The molecule has 2 saturated heterocycles. The number of guanidine groups is 1. The molecule has 0 saturated carbocycles. The highest BCUT2D eigenvalue weighted by atomic mass is 15.2. The second-order valence-electron chi connectivity index (χ2n) is 7.93. The average molecular weight is 387 g/mol. The van der Waals surface area contributed by atoms with Gasteiger partial charge in [-0.15, -0.1) is 0 Å². The fraction of sp³-hybridized carbons (Fsp3) is 0.727. The van der Waals surface area contributed by atoms with E-state index in [1.165, 1.54) is 50.6 Å². The van der Waals surface area contributed by atoms with Crippen molar-refractivity contribution in [2.75, 3.05) is 44.2 Å². The smallest absolute Gasteiger partial charge is 0.191 e. The molecule has 0 bridgehead atoms. The van der Waals surface area contributed by atoms with E-state index in [-0.39, 0.29) is 0 Å². The lowest BCUT2D eigenvalue weighted by atomic mass is 10.0. The van der Waals surface area contributed by atoms with Gasteiger partial charge in [-0.05, 0) is 63.3 Å². The van der Waals surface area contributed by atoms with Crippen LogP contribution in [0.5, 0.6) is 0 Å². The van der Waals surface area contributed by atoms with Gasteiger partial charge >= 0.3 is 0 Å². The number of nitrogens with zero attached hydrogens (tertiary/aromatic N) is 4. The Morgan fingerprint density at radius 1 is 1.14 bits per heavy atom. The van der Waals surface area contributed by atoms with Gasteiger partial charge in [0.1, 0.15) is 5.82 Å². The van der Waals surface area contributed by atoms with Crippen LogP contribution < -0.4 is 15.5 Å². The van der Waals surface area contributed by atoms with Crippen LogP contribution in [0.2, 0.25) is 0 Å². The quantitative estimate of drug-likeness (QED) is 0.531. The van der Waals surface area contributed by atoms with E-state index in [0.717, 1.165) is 50.5 Å². The van der Waals surface area contributed by atoms with Gasteiger partial charge in [0.25, 0.3) is 0 Å². The van der Waals surface area contributed by atoms with Gasteiger partial charge in [-0.2, -0.15) is 0 Å². The molecule has 0 radical (unpaired) electrons. The molecule has 2 N–H and O–H groups in total. The molecular formula is C22H38N6. The summed E-state index contributed by atoms with van der Waals surface area (Å²) in [6.45, 7) is 11.5. The Kier molecular flexibility index (Phi) is 8.40. The van der Waals surface area contributed by atoms with Crippen molar-refractivity contribution in [3.05, 3.63) is 23.9 Å². The van der Waals surface area contributed by atoms with E-state index >= 15 is 0 Å². The Balaban J connectivity index is 1.51. The maximum Gasteiger partial charge on any atom is 0.191 e. The van der Waals surface area contributed by atoms with Crippen molar-refractivity contribution < 1.29 is 0 Å². The molecule has 0 aromatic carbocycles. The van der Waals surface area contributed by atoms with Crippen molar-refractivity contribution in [3.8, 4) is 0 Å². The largest absolute Gasteiger partial charge is 0.357 e. The molecule has 2 fully saturated rings. The van der Waals surface area contributed by atoms with Gasteiger partial charge in [0.05, 0.1) is 6.54 Å². The molecule has 3 rings (SSSR count). The summed E-state index contributed by atoms with van der Waals surface area (Å²) in [5, 5.41) is 6.90. The van der Waals surface area contributed by atoms with Crippen LogP contribution in [0.15, 0.2) is 23.3 Å². The predicted molar refractivity (Wildman–Crippen MR) is 118 cm³/mol. The van der Waals surface area contributed by atoms with Crippen molar-refractivity contribution in [1.29, 1.82) is 0 Å². The fourth-order valence-corrected chi connectivity index (χ4v) is 4.32. The summed E-state index contributed by atoms with van der Waals surface area (Å²) in [7, 11) is 0. The maximum atomic E-state index is 4.80. The minimum absolute atomic E-state index is 0.681.